The maximum absolute atomic E-state index is 12.6. The molecule has 2 atom stereocenters. The molecule has 1 saturated heterocycles. The summed E-state index contributed by atoms with van der Waals surface area (Å²) in [6, 6.07) is 7.30. The van der Waals surface area contributed by atoms with Crippen molar-refractivity contribution in [2.45, 2.75) is 45.3 Å². The van der Waals surface area contributed by atoms with Gasteiger partial charge in [-0.3, -0.25) is 9.59 Å². The van der Waals surface area contributed by atoms with E-state index in [1.807, 2.05) is 31.2 Å². The molecule has 1 N–H and O–H groups in total. The SMILES string of the molecule is CCC1(C)NC(=O)C(C)N(Cc2ccccc2Br)C1=O. The third-order valence-electron chi connectivity index (χ3n) is 3.98. The minimum absolute atomic E-state index is 0.0251. The van der Waals surface area contributed by atoms with Gasteiger partial charge in [0.2, 0.25) is 11.8 Å². The van der Waals surface area contributed by atoms with Gasteiger partial charge in [-0.25, -0.2) is 0 Å². The monoisotopic (exact) mass is 338 g/mol. The highest BCUT2D eigenvalue weighted by Crippen LogP contribution is 2.25. The highest BCUT2D eigenvalue weighted by Gasteiger charge is 2.45. The lowest BCUT2D eigenvalue weighted by molar-refractivity contribution is -0.154. The third-order valence-corrected chi connectivity index (χ3v) is 4.76. The summed E-state index contributed by atoms with van der Waals surface area (Å²) in [5.41, 5.74) is 0.200. The quantitative estimate of drug-likeness (QED) is 0.920. The molecule has 1 aliphatic rings. The number of piperazine rings is 1. The average molecular weight is 339 g/mol. The summed E-state index contributed by atoms with van der Waals surface area (Å²) in [6.45, 7) is 5.89. The predicted octanol–water partition coefficient (Wildman–Crippen LogP) is 2.46. The van der Waals surface area contributed by atoms with Crippen LogP contribution in [0, 0.1) is 0 Å². The topological polar surface area (TPSA) is 49.4 Å². The van der Waals surface area contributed by atoms with Gasteiger partial charge in [-0.05, 0) is 31.9 Å². The first-order chi connectivity index (χ1) is 9.39. The lowest BCUT2D eigenvalue weighted by atomic mass is 9.92. The van der Waals surface area contributed by atoms with E-state index in [2.05, 4.69) is 21.2 Å². The second kappa shape index (κ2) is 5.56. The van der Waals surface area contributed by atoms with Gasteiger partial charge in [-0.2, -0.15) is 0 Å². The Hall–Kier alpha value is -1.36. The highest BCUT2D eigenvalue weighted by atomic mass is 79.9. The van der Waals surface area contributed by atoms with E-state index in [1.165, 1.54) is 0 Å². The molecule has 4 nitrogen and oxygen atoms in total. The number of carbonyl (C=O) groups is 2. The van der Waals surface area contributed by atoms with Crippen molar-refractivity contribution >= 4 is 27.7 Å². The summed E-state index contributed by atoms with van der Waals surface area (Å²) in [5.74, 6) is -0.121. The Labute approximate surface area is 127 Å². The summed E-state index contributed by atoms with van der Waals surface area (Å²) in [6.07, 6.45) is 0.580. The first-order valence-corrected chi connectivity index (χ1v) is 7.55. The minimum atomic E-state index is -0.801. The second-order valence-electron chi connectivity index (χ2n) is 5.38. The molecule has 5 heteroatoms. The molecule has 1 fully saturated rings. The van der Waals surface area contributed by atoms with Crippen molar-refractivity contribution in [3.63, 3.8) is 0 Å². The van der Waals surface area contributed by atoms with Crippen LogP contribution in [-0.2, 0) is 16.1 Å². The van der Waals surface area contributed by atoms with Crippen LogP contribution in [-0.4, -0.2) is 28.3 Å². The van der Waals surface area contributed by atoms with E-state index in [0.717, 1.165) is 10.0 Å². The van der Waals surface area contributed by atoms with Gasteiger partial charge in [-0.1, -0.05) is 41.1 Å². The molecule has 2 amide bonds. The van der Waals surface area contributed by atoms with E-state index in [-0.39, 0.29) is 11.8 Å². The lowest BCUT2D eigenvalue weighted by Gasteiger charge is -2.43. The maximum atomic E-state index is 12.6. The Morgan fingerprint density at radius 2 is 2.00 bits per heavy atom. The Balaban J connectivity index is 2.31. The standard InChI is InChI=1S/C15H19BrN2O2/c1-4-15(3)14(20)18(10(2)13(19)17-15)9-11-7-5-6-8-12(11)16/h5-8,10H,4,9H2,1-3H3,(H,17,19). The summed E-state index contributed by atoms with van der Waals surface area (Å²) < 4.78 is 0.948. The number of nitrogens with one attached hydrogen (secondary N) is 1. The number of benzene rings is 1. The number of amides is 2. The van der Waals surface area contributed by atoms with Crippen LogP contribution >= 0.6 is 15.9 Å². The first kappa shape index (κ1) is 15.0. The predicted molar refractivity (Wildman–Crippen MR) is 81.0 cm³/mol. The van der Waals surface area contributed by atoms with Gasteiger partial charge in [-0.15, -0.1) is 0 Å². The maximum Gasteiger partial charge on any atom is 0.249 e. The van der Waals surface area contributed by atoms with Gasteiger partial charge >= 0.3 is 0 Å². The first-order valence-electron chi connectivity index (χ1n) is 6.75. The zero-order chi connectivity index (χ0) is 14.9. The lowest BCUT2D eigenvalue weighted by Crippen LogP contribution is -2.68. The zero-order valence-electron chi connectivity index (χ0n) is 11.9. The van der Waals surface area contributed by atoms with Gasteiger partial charge in [0.05, 0.1) is 0 Å². The molecule has 0 aromatic heterocycles. The van der Waals surface area contributed by atoms with E-state index in [0.29, 0.717) is 13.0 Å². The van der Waals surface area contributed by atoms with Gasteiger partial charge in [0.1, 0.15) is 11.6 Å². The van der Waals surface area contributed by atoms with Gasteiger partial charge < -0.3 is 10.2 Å². The number of hydrogen-bond acceptors (Lipinski definition) is 2. The molecule has 2 unspecified atom stereocenters. The van der Waals surface area contributed by atoms with Gasteiger partial charge in [0, 0.05) is 11.0 Å². The van der Waals surface area contributed by atoms with Gasteiger partial charge in [0.15, 0.2) is 0 Å². The largest absolute Gasteiger partial charge is 0.340 e. The fraction of sp³-hybridized carbons (Fsp3) is 0.467. The molecular formula is C15H19BrN2O2. The Bertz CT molecular complexity index is 546. The molecule has 1 aromatic rings. The number of carbonyl (C=O) groups excluding carboxylic acids is 2. The normalized spacial score (nSPS) is 26.6. The molecule has 0 bridgehead atoms. The summed E-state index contributed by atoms with van der Waals surface area (Å²) in [7, 11) is 0. The minimum Gasteiger partial charge on any atom is -0.340 e. The molecular weight excluding hydrogens is 320 g/mol. The fourth-order valence-electron chi connectivity index (χ4n) is 2.32. The van der Waals surface area contributed by atoms with Crippen LogP contribution in [0.3, 0.4) is 0 Å². The highest BCUT2D eigenvalue weighted by molar-refractivity contribution is 9.10. The Morgan fingerprint density at radius 3 is 2.60 bits per heavy atom. The fourth-order valence-corrected chi connectivity index (χ4v) is 2.73. The molecule has 1 aliphatic heterocycles. The van der Waals surface area contributed by atoms with Crippen LogP contribution in [0.5, 0.6) is 0 Å². The molecule has 0 spiro atoms. The van der Waals surface area contributed by atoms with E-state index < -0.39 is 11.6 Å². The number of rotatable bonds is 3. The number of hydrogen-bond donors (Lipinski definition) is 1. The van der Waals surface area contributed by atoms with Crippen molar-refractivity contribution < 1.29 is 9.59 Å². The third kappa shape index (κ3) is 2.59. The molecule has 1 heterocycles. The van der Waals surface area contributed by atoms with E-state index in [1.54, 1.807) is 18.7 Å². The average Bonchev–Trinajstić information content (AvgIpc) is 2.43. The summed E-state index contributed by atoms with van der Waals surface area (Å²) in [4.78, 5) is 26.4. The van der Waals surface area contributed by atoms with E-state index in [9.17, 15) is 9.59 Å². The van der Waals surface area contributed by atoms with Crippen molar-refractivity contribution in [2.24, 2.45) is 0 Å². The molecule has 1 aromatic carbocycles. The molecule has 0 aliphatic carbocycles. The smallest absolute Gasteiger partial charge is 0.249 e. The zero-order valence-corrected chi connectivity index (χ0v) is 13.5. The second-order valence-corrected chi connectivity index (χ2v) is 6.23. The molecule has 108 valence electrons. The van der Waals surface area contributed by atoms with E-state index in [4.69, 9.17) is 0 Å². The van der Waals surface area contributed by atoms with E-state index >= 15 is 0 Å². The summed E-state index contributed by atoms with van der Waals surface area (Å²) >= 11 is 3.49. The Morgan fingerprint density at radius 1 is 1.35 bits per heavy atom. The molecule has 20 heavy (non-hydrogen) atoms. The number of nitrogens with zero attached hydrogens (tertiary/aromatic N) is 1. The van der Waals surface area contributed by atoms with Crippen LogP contribution < -0.4 is 5.32 Å². The number of halogens is 1. The van der Waals surface area contributed by atoms with Crippen molar-refractivity contribution in [1.29, 1.82) is 0 Å². The summed E-state index contributed by atoms with van der Waals surface area (Å²) in [5, 5.41) is 2.83. The molecule has 2 rings (SSSR count). The Kier molecular flexibility index (Phi) is 4.18. The van der Waals surface area contributed by atoms with Crippen LogP contribution in [0.4, 0.5) is 0 Å². The van der Waals surface area contributed by atoms with Crippen molar-refractivity contribution in [3.8, 4) is 0 Å². The van der Waals surface area contributed by atoms with Crippen molar-refractivity contribution in [3.05, 3.63) is 34.3 Å². The van der Waals surface area contributed by atoms with Crippen LogP contribution in [0.25, 0.3) is 0 Å². The molecule has 0 saturated carbocycles. The van der Waals surface area contributed by atoms with Crippen LogP contribution in [0.2, 0.25) is 0 Å². The van der Waals surface area contributed by atoms with Gasteiger partial charge in [0.25, 0.3) is 0 Å². The van der Waals surface area contributed by atoms with Crippen molar-refractivity contribution in [2.75, 3.05) is 0 Å². The molecule has 0 radical (unpaired) electrons. The van der Waals surface area contributed by atoms with Crippen LogP contribution in [0.15, 0.2) is 28.7 Å². The van der Waals surface area contributed by atoms with Crippen molar-refractivity contribution in [1.82, 2.24) is 10.2 Å². The van der Waals surface area contributed by atoms with Crippen LogP contribution in [0.1, 0.15) is 32.8 Å².